The molecule has 2 aliphatic carbocycles. The molecule has 1 saturated heterocycles. The molecule has 1 aromatic rings. The number of aromatic nitrogens is 2. The minimum absolute atomic E-state index is 0.0877. The number of rotatable bonds is 3. The number of nitrogens with zero attached hydrogens (tertiary/aromatic N) is 3. The summed E-state index contributed by atoms with van der Waals surface area (Å²) in [6, 6.07) is 0.323. The van der Waals surface area contributed by atoms with Gasteiger partial charge in [-0.3, -0.25) is 14.5 Å². The molecule has 1 atom stereocenters. The van der Waals surface area contributed by atoms with Gasteiger partial charge in [-0.05, 0) is 51.9 Å². The average molecular weight is 414 g/mol. The number of aliphatic hydroxyl groups is 1. The number of carbonyl (C=O) groups is 2. The zero-order valence-corrected chi connectivity index (χ0v) is 17.6. The number of carbonyl (C=O) groups excluding carboxylic acids is 2. The summed E-state index contributed by atoms with van der Waals surface area (Å²) in [4.78, 5) is 37.5. The Bertz CT molecular complexity index is 856. The molecule has 8 heteroatoms. The molecule has 0 bridgehead atoms. The molecule has 0 radical (unpaired) electrons. The van der Waals surface area contributed by atoms with E-state index in [4.69, 9.17) is 4.98 Å². The van der Waals surface area contributed by atoms with Crippen molar-refractivity contribution in [2.45, 2.75) is 88.8 Å². The molecule has 0 unspecified atom stereocenters. The Hall–Kier alpha value is -2.22. The van der Waals surface area contributed by atoms with Crippen LogP contribution in [-0.4, -0.2) is 51.1 Å². The molecule has 8 nitrogen and oxygen atoms in total. The highest BCUT2D eigenvalue weighted by Crippen LogP contribution is 2.44. The smallest absolute Gasteiger partial charge is 0.244 e. The highest BCUT2D eigenvalue weighted by atomic mass is 16.3. The zero-order chi connectivity index (χ0) is 20.9. The van der Waals surface area contributed by atoms with E-state index >= 15 is 0 Å². The molecular formula is C22H31N5O3. The monoisotopic (exact) mass is 413 g/mol. The van der Waals surface area contributed by atoms with Crippen LogP contribution in [0.2, 0.25) is 0 Å². The fourth-order valence-corrected chi connectivity index (χ4v) is 5.64. The molecule has 30 heavy (non-hydrogen) atoms. The standard InChI is InChI=1S/C22H31N5O3/c1-21(30)8-6-15(7-9-21)25-20-24-13-14-12-22(10-11-23-18(22)28)19(29)27(17(14)26-20)16-4-2-3-5-16/h13,15-16,30H,2-12H2,1H3,(H,23,28)(H,24,25,26)/t15-,21+,22-/m1/s1. The lowest BCUT2D eigenvalue weighted by atomic mass is 9.76. The first kappa shape index (κ1) is 19.7. The molecule has 5 rings (SSSR count). The van der Waals surface area contributed by atoms with Crippen LogP contribution in [0.25, 0.3) is 0 Å². The molecule has 3 fully saturated rings. The van der Waals surface area contributed by atoms with Crippen molar-refractivity contribution in [3.05, 3.63) is 11.8 Å². The predicted octanol–water partition coefficient (Wildman–Crippen LogP) is 1.92. The molecule has 4 aliphatic rings. The van der Waals surface area contributed by atoms with Crippen molar-refractivity contribution in [2.24, 2.45) is 5.41 Å². The highest BCUT2D eigenvalue weighted by Gasteiger charge is 2.56. The molecule has 2 aliphatic heterocycles. The molecule has 0 aromatic carbocycles. The van der Waals surface area contributed by atoms with Crippen LogP contribution in [0.1, 0.15) is 70.3 Å². The van der Waals surface area contributed by atoms with Gasteiger partial charge >= 0.3 is 0 Å². The van der Waals surface area contributed by atoms with Crippen LogP contribution in [0.15, 0.2) is 6.20 Å². The van der Waals surface area contributed by atoms with Crippen LogP contribution < -0.4 is 15.5 Å². The van der Waals surface area contributed by atoms with Crippen LogP contribution in [0.3, 0.4) is 0 Å². The van der Waals surface area contributed by atoms with Gasteiger partial charge in [0.1, 0.15) is 11.2 Å². The van der Waals surface area contributed by atoms with Gasteiger partial charge in [-0.1, -0.05) is 12.8 Å². The second-order valence-corrected chi connectivity index (χ2v) is 9.84. The third kappa shape index (κ3) is 3.25. The van der Waals surface area contributed by atoms with Gasteiger partial charge in [0, 0.05) is 36.8 Å². The summed E-state index contributed by atoms with van der Waals surface area (Å²) in [5.74, 6) is 0.966. The molecule has 1 spiro atoms. The Morgan fingerprint density at radius 2 is 1.90 bits per heavy atom. The summed E-state index contributed by atoms with van der Waals surface area (Å²) in [6.45, 7) is 2.43. The molecule has 162 valence electrons. The lowest BCUT2D eigenvalue weighted by Gasteiger charge is -2.41. The van der Waals surface area contributed by atoms with E-state index in [2.05, 4.69) is 15.6 Å². The molecule has 2 amide bonds. The van der Waals surface area contributed by atoms with Crippen LogP contribution in [0, 0.1) is 5.41 Å². The number of amides is 2. The van der Waals surface area contributed by atoms with Crippen molar-refractivity contribution in [1.82, 2.24) is 15.3 Å². The third-order valence-electron chi connectivity index (χ3n) is 7.55. The highest BCUT2D eigenvalue weighted by molar-refractivity contribution is 6.14. The van der Waals surface area contributed by atoms with Crippen molar-refractivity contribution < 1.29 is 14.7 Å². The summed E-state index contributed by atoms with van der Waals surface area (Å²) >= 11 is 0. The van der Waals surface area contributed by atoms with Crippen molar-refractivity contribution in [3.63, 3.8) is 0 Å². The Morgan fingerprint density at radius 1 is 1.17 bits per heavy atom. The van der Waals surface area contributed by atoms with Crippen molar-refractivity contribution in [1.29, 1.82) is 0 Å². The van der Waals surface area contributed by atoms with Gasteiger partial charge in [-0.25, -0.2) is 4.98 Å². The molecule has 2 saturated carbocycles. The molecule has 1 aromatic heterocycles. The van der Waals surface area contributed by atoms with E-state index in [0.717, 1.165) is 56.9 Å². The summed E-state index contributed by atoms with van der Waals surface area (Å²) in [5.41, 5.74) is -0.699. The normalized spacial score (nSPS) is 34.3. The zero-order valence-electron chi connectivity index (χ0n) is 17.6. The quantitative estimate of drug-likeness (QED) is 0.654. The van der Waals surface area contributed by atoms with Crippen LogP contribution in [0.4, 0.5) is 11.8 Å². The van der Waals surface area contributed by atoms with E-state index in [-0.39, 0.29) is 23.9 Å². The van der Waals surface area contributed by atoms with Gasteiger partial charge in [0.2, 0.25) is 17.8 Å². The maximum atomic E-state index is 13.6. The molecule has 3 heterocycles. The first-order valence-electron chi connectivity index (χ1n) is 11.3. The van der Waals surface area contributed by atoms with Gasteiger partial charge in [-0.2, -0.15) is 4.98 Å². The summed E-state index contributed by atoms with van der Waals surface area (Å²) < 4.78 is 0. The summed E-state index contributed by atoms with van der Waals surface area (Å²) in [5, 5.41) is 16.5. The first-order chi connectivity index (χ1) is 14.4. The number of anilines is 2. The lowest BCUT2D eigenvalue weighted by Crippen LogP contribution is -2.56. The van der Waals surface area contributed by atoms with Gasteiger partial charge in [0.25, 0.3) is 0 Å². The minimum Gasteiger partial charge on any atom is -0.390 e. The van der Waals surface area contributed by atoms with Gasteiger partial charge in [0.15, 0.2) is 0 Å². The minimum atomic E-state index is -0.997. The Labute approximate surface area is 176 Å². The van der Waals surface area contributed by atoms with Crippen LogP contribution in [-0.2, 0) is 16.0 Å². The molecule has 3 N–H and O–H groups in total. The largest absolute Gasteiger partial charge is 0.390 e. The van der Waals surface area contributed by atoms with Gasteiger partial charge in [-0.15, -0.1) is 0 Å². The van der Waals surface area contributed by atoms with Crippen molar-refractivity contribution in [2.75, 3.05) is 16.8 Å². The first-order valence-corrected chi connectivity index (χ1v) is 11.3. The summed E-state index contributed by atoms with van der Waals surface area (Å²) in [7, 11) is 0. The fourth-order valence-electron chi connectivity index (χ4n) is 5.64. The second-order valence-electron chi connectivity index (χ2n) is 9.84. The van der Waals surface area contributed by atoms with Gasteiger partial charge in [0.05, 0.1) is 5.60 Å². The maximum Gasteiger partial charge on any atom is 0.244 e. The van der Waals surface area contributed by atoms with E-state index in [9.17, 15) is 14.7 Å². The van der Waals surface area contributed by atoms with Gasteiger partial charge < -0.3 is 15.7 Å². The van der Waals surface area contributed by atoms with E-state index in [1.807, 2.05) is 11.8 Å². The van der Waals surface area contributed by atoms with E-state index in [1.54, 1.807) is 6.20 Å². The lowest BCUT2D eigenvalue weighted by molar-refractivity contribution is -0.140. The Kier molecular flexibility index (Phi) is 4.72. The van der Waals surface area contributed by atoms with E-state index < -0.39 is 11.0 Å². The number of hydrogen-bond acceptors (Lipinski definition) is 6. The average Bonchev–Trinajstić information content (AvgIpc) is 3.36. The number of fused-ring (bicyclic) bond motifs is 1. The fraction of sp³-hybridized carbons (Fsp3) is 0.727. The van der Waals surface area contributed by atoms with Crippen LogP contribution in [0.5, 0.6) is 0 Å². The van der Waals surface area contributed by atoms with E-state index in [0.29, 0.717) is 31.2 Å². The SMILES string of the molecule is C[C@]1(O)CC[C@@H](Nc2ncc3c(n2)N(C2CCCC2)C(=O)[C@]2(CCNC2=O)C3)CC1. The summed E-state index contributed by atoms with van der Waals surface area (Å²) in [6.07, 6.45) is 10.0. The molecular weight excluding hydrogens is 382 g/mol. The third-order valence-corrected chi connectivity index (χ3v) is 7.55. The Balaban J connectivity index is 1.45. The maximum absolute atomic E-state index is 13.6. The predicted molar refractivity (Wildman–Crippen MR) is 112 cm³/mol. The second kappa shape index (κ2) is 7.18. The number of nitrogens with one attached hydrogen (secondary N) is 2. The van der Waals surface area contributed by atoms with E-state index in [1.165, 1.54) is 0 Å². The topological polar surface area (TPSA) is 107 Å². The van der Waals surface area contributed by atoms with Crippen LogP contribution >= 0.6 is 0 Å². The Morgan fingerprint density at radius 3 is 2.57 bits per heavy atom. The number of hydrogen-bond donors (Lipinski definition) is 3. The van der Waals surface area contributed by atoms with Crippen molar-refractivity contribution >= 4 is 23.6 Å². The van der Waals surface area contributed by atoms with Crippen molar-refractivity contribution in [3.8, 4) is 0 Å².